The molecule has 0 heterocycles. The van der Waals surface area contributed by atoms with Crippen molar-refractivity contribution in [2.45, 2.75) is 18.9 Å². The highest BCUT2D eigenvalue weighted by atomic mass is 35.5. The normalized spacial score (nSPS) is 13.1. The van der Waals surface area contributed by atoms with E-state index in [0.717, 1.165) is 35.0 Å². The zero-order valence-electron chi connectivity index (χ0n) is 10.6. The smallest absolute Gasteiger partial charge is 0.0439 e. The molecule has 0 aliphatic heterocycles. The first-order valence-corrected chi connectivity index (χ1v) is 6.54. The first kappa shape index (κ1) is 14.8. The van der Waals surface area contributed by atoms with Gasteiger partial charge in [-0.25, -0.2) is 0 Å². The molecule has 0 radical (unpaired) electrons. The highest BCUT2D eigenvalue weighted by molar-refractivity contribution is 6.33. The molecule has 0 amide bonds. The van der Waals surface area contributed by atoms with E-state index in [9.17, 15) is 0 Å². The first-order chi connectivity index (χ1) is 8.02. The second-order valence-electron chi connectivity index (χ2n) is 4.52. The predicted octanol–water partition coefficient (Wildman–Crippen LogP) is 3.08. The molecule has 0 aliphatic rings. The quantitative estimate of drug-likeness (QED) is 0.858. The van der Waals surface area contributed by atoms with Gasteiger partial charge in [0.05, 0.1) is 0 Å². The summed E-state index contributed by atoms with van der Waals surface area (Å²) < 4.78 is 0. The molecule has 0 bridgehead atoms. The Labute approximate surface area is 114 Å². The van der Waals surface area contributed by atoms with Crippen LogP contribution in [-0.2, 0) is 6.42 Å². The van der Waals surface area contributed by atoms with Gasteiger partial charge in [0.1, 0.15) is 0 Å². The molecular weight excluding hydrogens is 255 g/mol. The lowest BCUT2D eigenvalue weighted by atomic mass is 10.0. The fourth-order valence-corrected chi connectivity index (χ4v) is 2.12. The van der Waals surface area contributed by atoms with Crippen LogP contribution in [0.2, 0.25) is 10.0 Å². The van der Waals surface area contributed by atoms with Crippen LogP contribution in [-0.4, -0.2) is 38.6 Å². The zero-order valence-corrected chi connectivity index (χ0v) is 12.1. The third-order valence-electron chi connectivity index (χ3n) is 2.81. The molecule has 4 heteroatoms. The van der Waals surface area contributed by atoms with Gasteiger partial charge in [0.15, 0.2) is 0 Å². The van der Waals surface area contributed by atoms with Crippen LogP contribution in [0.3, 0.4) is 0 Å². The molecule has 1 aromatic carbocycles. The van der Waals surface area contributed by atoms with Crippen molar-refractivity contribution < 1.29 is 0 Å². The summed E-state index contributed by atoms with van der Waals surface area (Å²) in [7, 11) is 6.15. The molecule has 0 aromatic heterocycles. The van der Waals surface area contributed by atoms with Crippen molar-refractivity contribution in [2.24, 2.45) is 0 Å². The first-order valence-electron chi connectivity index (χ1n) is 5.79. The van der Waals surface area contributed by atoms with Crippen molar-refractivity contribution in [1.82, 2.24) is 10.2 Å². The van der Waals surface area contributed by atoms with E-state index < -0.39 is 0 Å². The average molecular weight is 275 g/mol. The van der Waals surface area contributed by atoms with E-state index in [2.05, 4.69) is 24.3 Å². The van der Waals surface area contributed by atoms with Crippen LogP contribution in [0.15, 0.2) is 18.2 Å². The van der Waals surface area contributed by atoms with Crippen molar-refractivity contribution in [3.8, 4) is 0 Å². The fourth-order valence-electron chi connectivity index (χ4n) is 1.73. The van der Waals surface area contributed by atoms with Crippen LogP contribution >= 0.6 is 23.2 Å². The average Bonchev–Trinajstić information content (AvgIpc) is 2.28. The number of likely N-dealkylation sites (N-methyl/N-ethyl adjacent to an activating group) is 1. The van der Waals surface area contributed by atoms with Gasteiger partial charge in [0.2, 0.25) is 0 Å². The lowest BCUT2D eigenvalue weighted by Crippen LogP contribution is -2.31. The summed E-state index contributed by atoms with van der Waals surface area (Å²) >= 11 is 12.1. The molecule has 0 fully saturated rings. The van der Waals surface area contributed by atoms with Crippen LogP contribution in [0, 0.1) is 0 Å². The largest absolute Gasteiger partial charge is 0.317 e. The summed E-state index contributed by atoms with van der Waals surface area (Å²) in [6.07, 6.45) is 2.00. The van der Waals surface area contributed by atoms with Crippen LogP contribution in [0.5, 0.6) is 0 Å². The maximum absolute atomic E-state index is 6.16. The number of benzene rings is 1. The number of rotatable bonds is 6. The Morgan fingerprint density at radius 1 is 1.29 bits per heavy atom. The lowest BCUT2D eigenvalue weighted by Gasteiger charge is -2.19. The van der Waals surface area contributed by atoms with E-state index >= 15 is 0 Å². The Bertz CT molecular complexity index is 353. The Morgan fingerprint density at radius 3 is 2.59 bits per heavy atom. The third-order valence-corrected chi connectivity index (χ3v) is 3.41. The van der Waals surface area contributed by atoms with Crippen LogP contribution in [0.4, 0.5) is 0 Å². The van der Waals surface area contributed by atoms with Gasteiger partial charge < -0.3 is 10.2 Å². The highest BCUT2D eigenvalue weighted by Crippen LogP contribution is 2.22. The maximum atomic E-state index is 6.16. The predicted molar refractivity (Wildman–Crippen MR) is 76.2 cm³/mol. The molecule has 1 unspecified atom stereocenters. The van der Waals surface area contributed by atoms with E-state index in [4.69, 9.17) is 23.2 Å². The molecular formula is C13H20Cl2N2. The van der Waals surface area contributed by atoms with E-state index in [0.29, 0.717) is 6.04 Å². The van der Waals surface area contributed by atoms with Gasteiger partial charge in [-0.1, -0.05) is 23.2 Å². The Morgan fingerprint density at radius 2 is 2.00 bits per heavy atom. The number of halogens is 2. The van der Waals surface area contributed by atoms with Crippen LogP contribution in [0.25, 0.3) is 0 Å². The molecule has 0 saturated heterocycles. The summed E-state index contributed by atoms with van der Waals surface area (Å²) in [6.45, 7) is 1.06. The van der Waals surface area contributed by atoms with Gasteiger partial charge >= 0.3 is 0 Å². The Balaban J connectivity index is 2.63. The summed E-state index contributed by atoms with van der Waals surface area (Å²) in [5.41, 5.74) is 1.11. The van der Waals surface area contributed by atoms with Gasteiger partial charge in [0.25, 0.3) is 0 Å². The number of nitrogens with zero attached hydrogens (tertiary/aromatic N) is 1. The maximum Gasteiger partial charge on any atom is 0.0439 e. The van der Waals surface area contributed by atoms with Crippen LogP contribution < -0.4 is 5.32 Å². The van der Waals surface area contributed by atoms with Crippen molar-refractivity contribution >= 4 is 23.2 Å². The fraction of sp³-hybridized carbons (Fsp3) is 0.538. The van der Waals surface area contributed by atoms with Gasteiger partial charge in [-0.05, 0) is 64.3 Å². The Kier molecular flexibility index (Phi) is 6.28. The van der Waals surface area contributed by atoms with Crippen molar-refractivity contribution in [1.29, 1.82) is 0 Å². The van der Waals surface area contributed by atoms with E-state index in [1.807, 2.05) is 25.2 Å². The van der Waals surface area contributed by atoms with Gasteiger partial charge in [-0.2, -0.15) is 0 Å². The summed E-state index contributed by atoms with van der Waals surface area (Å²) in [6, 6.07) is 6.05. The number of nitrogens with one attached hydrogen (secondary N) is 1. The molecule has 96 valence electrons. The summed E-state index contributed by atoms with van der Waals surface area (Å²) in [5, 5.41) is 4.86. The minimum absolute atomic E-state index is 0.424. The standard InChI is InChI=1S/C13H20Cl2N2/c1-16-12(6-7-17(2)3)9-10-8-11(14)4-5-13(10)15/h4-5,8,12,16H,6-7,9H2,1-3H3. The highest BCUT2D eigenvalue weighted by Gasteiger charge is 2.10. The van der Waals surface area contributed by atoms with Crippen molar-refractivity contribution in [3.63, 3.8) is 0 Å². The SMILES string of the molecule is CNC(CCN(C)C)Cc1cc(Cl)ccc1Cl. The lowest BCUT2D eigenvalue weighted by molar-refractivity contribution is 0.364. The summed E-state index contributed by atoms with van der Waals surface area (Å²) in [4.78, 5) is 2.18. The molecule has 17 heavy (non-hydrogen) atoms. The van der Waals surface area contributed by atoms with E-state index in [-0.39, 0.29) is 0 Å². The molecule has 0 aliphatic carbocycles. The van der Waals surface area contributed by atoms with Gasteiger partial charge in [-0.3, -0.25) is 0 Å². The monoisotopic (exact) mass is 274 g/mol. The molecule has 2 nitrogen and oxygen atoms in total. The van der Waals surface area contributed by atoms with Crippen molar-refractivity contribution in [2.75, 3.05) is 27.7 Å². The minimum atomic E-state index is 0.424. The minimum Gasteiger partial charge on any atom is -0.317 e. The third kappa shape index (κ3) is 5.26. The Hall–Kier alpha value is -0.280. The van der Waals surface area contributed by atoms with Gasteiger partial charge in [0, 0.05) is 16.1 Å². The summed E-state index contributed by atoms with van der Waals surface area (Å²) in [5.74, 6) is 0. The van der Waals surface area contributed by atoms with E-state index in [1.54, 1.807) is 0 Å². The molecule has 1 aromatic rings. The second-order valence-corrected chi connectivity index (χ2v) is 5.36. The molecule has 1 atom stereocenters. The van der Waals surface area contributed by atoms with E-state index in [1.165, 1.54) is 0 Å². The number of hydrogen-bond acceptors (Lipinski definition) is 2. The van der Waals surface area contributed by atoms with Crippen molar-refractivity contribution in [3.05, 3.63) is 33.8 Å². The zero-order chi connectivity index (χ0) is 12.8. The molecule has 1 rings (SSSR count). The molecule has 1 N–H and O–H groups in total. The second kappa shape index (κ2) is 7.22. The van der Waals surface area contributed by atoms with Crippen LogP contribution in [0.1, 0.15) is 12.0 Å². The molecule has 0 spiro atoms. The topological polar surface area (TPSA) is 15.3 Å². The molecule has 0 saturated carbocycles. The number of hydrogen-bond donors (Lipinski definition) is 1. The van der Waals surface area contributed by atoms with Gasteiger partial charge in [-0.15, -0.1) is 0 Å².